The normalized spacial score (nSPS) is 11.2. The molecule has 17 heavy (non-hydrogen) atoms. The first kappa shape index (κ1) is 13.7. The van der Waals surface area contributed by atoms with Crippen molar-refractivity contribution in [2.45, 2.75) is 33.2 Å². The molecule has 0 fully saturated rings. The maximum absolute atomic E-state index is 11.8. The lowest BCUT2D eigenvalue weighted by Gasteiger charge is -2.10. The molecule has 1 rings (SSSR count). The zero-order valence-corrected chi connectivity index (χ0v) is 11.1. The summed E-state index contributed by atoms with van der Waals surface area (Å²) < 4.78 is 0. The van der Waals surface area contributed by atoms with Gasteiger partial charge in [0, 0.05) is 18.5 Å². The topological polar surface area (TPSA) is 61.0 Å². The lowest BCUT2D eigenvalue weighted by molar-refractivity contribution is -0.120. The van der Waals surface area contributed by atoms with Crippen molar-refractivity contribution < 1.29 is 4.79 Å². The Morgan fingerprint density at radius 2 is 2.12 bits per heavy atom. The minimum Gasteiger partial charge on any atom is -0.309 e. The van der Waals surface area contributed by atoms with Crippen LogP contribution in [0.25, 0.3) is 0 Å². The largest absolute Gasteiger partial charge is 0.309 e. The fourth-order valence-corrected chi connectivity index (χ4v) is 1.74. The van der Waals surface area contributed by atoms with E-state index in [0.717, 1.165) is 25.1 Å². The van der Waals surface area contributed by atoms with Crippen LogP contribution in [0.3, 0.4) is 0 Å². The number of amides is 1. The number of H-pyrrole nitrogens is 1. The number of carbonyl (C=O) groups is 1. The summed E-state index contributed by atoms with van der Waals surface area (Å²) in [6.45, 7) is 4.83. The van der Waals surface area contributed by atoms with Gasteiger partial charge in [-0.05, 0) is 26.9 Å². The molecule has 0 bridgehead atoms. The van der Waals surface area contributed by atoms with E-state index in [4.69, 9.17) is 0 Å². The van der Waals surface area contributed by atoms with Crippen molar-refractivity contribution in [3.63, 3.8) is 0 Å². The highest BCUT2D eigenvalue weighted by molar-refractivity contribution is 5.91. The molecule has 5 heteroatoms. The summed E-state index contributed by atoms with van der Waals surface area (Å²) in [6.07, 6.45) is 1.72. The van der Waals surface area contributed by atoms with Crippen LogP contribution < -0.4 is 5.32 Å². The molecule has 5 nitrogen and oxygen atoms in total. The Morgan fingerprint density at radius 1 is 1.47 bits per heavy atom. The molecule has 1 aromatic rings. The lowest BCUT2D eigenvalue weighted by atomic mass is 10.0. The standard InChI is InChI=1S/C12H22N4O/c1-5-9(6-2)12(17)13-11-7-10(14-15-11)8-16(3)4/h7,9H,5-6,8H2,1-4H3,(H2,13,14,15,17). The zero-order chi connectivity index (χ0) is 12.8. The van der Waals surface area contributed by atoms with Gasteiger partial charge in [0.05, 0.1) is 5.69 Å². The summed E-state index contributed by atoms with van der Waals surface area (Å²) in [5, 5.41) is 9.83. The van der Waals surface area contributed by atoms with E-state index >= 15 is 0 Å². The van der Waals surface area contributed by atoms with E-state index in [-0.39, 0.29) is 11.8 Å². The molecule has 0 aliphatic rings. The fourth-order valence-electron chi connectivity index (χ4n) is 1.74. The number of rotatable bonds is 6. The summed E-state index contributed by atoms with van der Waals surface area (Å²) in [5.41, 5.74) is 0.995. The van der Waals surface area contributed by atoms with Crippen molar-refractivity contribution in [2.24, 2.45) is 5.92 Å². The molecular weight excluding hydrogens is 216 g/mol. The number of nitrogens with one attached hydrogen (secondary N) is 2. The molecule has 1 amide bonds. The Kier molecular flexibility index (Phi) is 5.15. The van der Waals surface area contributed by atoms with Crippen LogP contribution in [0.4, 0.5) is 5.82 Å². The summed E-state index contributed by atoms with van der Waals surface area (Å²) in [7, 11) is 3.98. The summed E-state index contributed by atoms with van der Waals surface area (Å²) in [5.74, 6) is 0.737. The number of nitrogens with zero attached hydrogens (tertiary/aromatic N) is 2. The predicted molar refractivity (Wildman–Crippen MR) is 68.7 cm³/mol. The Hall–Kier alpha value is -1.36. The highest BCUT2D eigenvalue weighted by Gasteiger charge is 2.15. The number of aromatic nitrogens is 2. The van der Waals surface area contributed by atoms with E-state index in [9.17, 15) is 4.79 Å². The van der Waals surface area contributed by atoms with Gasteiger partial charge in [0.15, 0.2) is 5.82 Å². The third-order valence-electron chi connectivity index (χ3n) is 2.73. The van der Waals surface area contributed by atoms with E-state index in [1.54, 1.807) is 0 Å². The first-order chi connectivity index (χ1) is 8.06. The average Bonchev–Trinajstić information content (AvgIpc) is 2.66. The van der Waals surface area contributed by atoms with Crippen LogP contribution in [0.5, 0.6) is 0 Å². The van der Waals surface area contributed by atoms with Crippen LogP contribution in [0, 0.1) is 5.92 Å². The number of anilines is 1. The predicted octanol–water partition coefficient (Wildman–Crippen LogP) is 1.85. The van der Waals surface area contributed by atoms with Gasteiger partial charge in [-0.1, -0.05) is 13.8 Å². The van der Waals surface area contributed by atoms with Crippen LogP contribution in [-0.2, 0) is 11.3 Å². The second-order valence-electron chi connectivity index (χ2n) is 4.52. The second-order valence-corrected chi connectivity index (χ2v) is 4.52. The molecule has 0 aromatic carbocycles. The quantitative estimate of drug-likeness (QED) is 0.795. The molecule has 0 radical (unpaired) electrons. The minimum atomic E-state index is 0.0536. The second kappa shape index (κ2) is 6.39. The fraction of sp³-hybridized carbons (Fsp3) is 0.667. The molecule has 1 heterocycles. The molecular formula is C12H22N4O. The third kappa shape index (κ3) is 4.19. The van der Waals surface area contributed by atoms with Crippen LogP contribution >= 0.6 is 0 Å². The molecule has 1 aromatic heterocycles. The molecule has 0 aliphatic heterocycles. The monoisotopic (exact) mass is 238 g/mol. The average molecular weight is 238 g/mol. The van der Waals surface area contributed by atoms with Gasteiger partial charge in [-0.25, -0.2) is 0 Å². The molecule has 0 aliphatic carbocycles. The minimum absolute atomic E-state index is 0.0536. The molecule has 0 saturated carbocycles. The van der Waals surface area contributed by atoms with E-state index in [2.05, 4.69) is 15.5 Å². The molecule has 0 saturated heterocycles. The third-order valence-corrected chi connectivity index (χ3v) is 2.73. The van der Waals surface area contributed by atoms with Crippen LogP contribution in [-0.4, -0.2) is 35.1 Å². The first-order valence-corrected chi connectivity index (χ1v) is 6.06. The Balaban J connectivity index is 2.57. The van der Waals surface area contributed by atoms with E-state index in [0.29, 0.717) is 5.82 Å². The maximum atomic E-state index is 11.8. The van der Waals surface area contributed by atoms with Gasteiger partial charge in [0.25, 0.3) is 0 Å². The van der Waals surface area contributed by atoms with Gasteiger partial charge in [0.1, 0.15) is 0 Å². The Labute approximate surface area is 103 Å². The highest BCUT2D eigenvalue weighted by Crippen LogP contribution is 2.12. The van der Waals surface area contributed by atoms with Crippen LogP contribution in [0.1, 0.15) is 32.4 Å². The van der Waals surface area contributed by atoms with Crippen molar-refractivity contribution >= 4 is 11.7 Å². The maximum Gasteiger partial charge on any atom is 0.228 e. The first-order valence-electron chi connectivity index (χ1n) is 6.06. The van der Waals surface area contributed by atoms with Gasteiger partial charge in [-0.3, -0.25) is 9.89 Å². The smallest absolute Gasteiger partial charge is 0.228 e. The number of hydrogen-bond donors (Lipinski definition) is 2. The number of carbonyl (C=O) groups excluding carboxylic acids is 1. The van der Waals surface area contributed by atoms with Gasteiger partial charge in [-0.15, -0.1) is 0 Å². The van der Waals surface area contributed by atoms with E-state index in [1.807, 2.05) is 38.9 Å². The van der Waals surface area contributed by atoms with Crippen molar-refractivity contribution in [1.29, 1.82) is 0 Å². The Bertz CT molecular complexity index is 355. The van der Waals surface area contributed by atoms with Crippen molar-refractivity contribution in [1.82, 2.24) is 15.1 Å². The molecule has 96 valence electrons. The summed E-state index contributed by atoms with van der Waals surface area (Å²) in [6, 6.07) is 1.88. The van der Waals surface area contributed by atoms with Crippen LogP contribution in [0.2, 0.25) is 0 Å². The van der Waals surface area contributed by atoms with Crippen molar-refractivity contribution in [3.05, 3.63) is 11.8 Å². The van der Waals surface area contributed by atoms with Gasteiger partial charge in [-0.2, -0.15) is 5.10 Å². The molecule has 0 unspecified atom stereocenters. The lowest BCUT2D eigenvalue weighted by Crippen LogP contribution is -2.21. The van der Waals surface area contributed by atoms with Crippen LogP contribution in [0.15, 0.2) is 6.07 Å². The van der Waals surface area contributed by atoms with Gasteiger partial charge in [0.2, 0.25) is 5.91 Å². The van der Waals surface area contributed by atoms with E-state index in [1.165, 1.54) is 0 Å². The summed E-state index contributed by atoms with van der Waals surface area (Å²) >= 11 is 0. The van der Waals surface area contributed by atoms with Crippen molar-refractivity contribution in [3.8, 4) is 0 Å². The van der Waals surface area contributed by atoms with E-state index < -0.39 is 0 Å². The SMILES string of the molecule is CCC(CC)C(=O)Nc1cc(CN(C)C)[nH]n1. The molecule has 2 N–H and O–H groups in total. The number of aromatic amines is 1. The van der Waals surface area contributed by atoms with Gasteiger partial charge >= 0.3 is 0 Å². The highest BCUT2D eigenvalue weighted by atomic mass is 16.1. The molecule has 0 atom stereocenters. The van der Waals surface area contributed by atoms with Gasteiger partial charge < -0.3 is 10.2 Å². The summed E-state index contributed by atoms with van der Waals surface area (Å²) in [4.78, 5) is 13.9. The number of hydrogen-bond acceptors (Lipinski definition) is 3. The Morgan fingerprint density at radius 3 is 2.65 bits per heavy atom. The molecule has 0 spiro atoms. The van der Waals surface area contributed by atoms with Crippen molar-refractivity contribution in [2.75, 3.05) is 19.4 Å². The zero-order valence-electron chi connectivity index (χ0n) is 11.1.